The number of ether oxygens (including phenoxy) is 1. The van der Waals surface area contributed by atoms with E-state index in [1.807, 2.05) is 5.32 Å². The van der Waals surface area contributed by atoms with E-state index in [1.165, 1.54) is 0 Å². The Balaban J connectivity index is 4.72. The van der Waals surface area contributed by atoms with Crippen molar-refractivity contribution in [1.29, 1.82) is 0 Å². The maximum atomic E-state index is 11.4. The second kappa shape index (κ2) is 5.03. The Morgan fingerprint density at radius 3 is 1.88 bits per heavy atom. The molecular weight excluding hydrogens is 230 g/mol. The summed E-state index contributed by atoms with van der Waals surface area (Å²) in [7, 11) is 0. The van der Waals surface area contributed by atoms with Crippen LogP contribution in [0.15, 0.2) is 0 Å². The number of carbonyl (C=O) groups excluding carboxylic acids is 1. The zero-order valence-electron chi connectivity index (χ0n) is 10.2. The van der Waals surface area contributed by atoms with Crippen molar-refractivity contribution in [1.82, 2.24) is 5.32 Å². The molecule has 1 atom stereocenters. The summed E-state index contributed by atoms with van der Waals surface area (Å²) in [4.78, 5) is 32.8. The lowest BCUT2D eigenvalue weighted by Crippen LogP contribution is -2.54. The molecule has 0 saturated heterocycles. The highest BCUT2D eigenvalue weighted by Crippen LogP contribution is 2.13. The van der Waals surface area contributed by atoms with Crippen LogP contribution in [-0.2, 0) is 14.3 Å². The number of carboxylic acids is 2. The van der Waals surface area contributed by atoms with E-state index in [4.69, 9.17) is 14.9 Å². The summed E-state index contributed by atoms with van der Waals surface area (Å²) in [6.45, 7) is 5.94. The van der Waals surface area contributed by atoms with Gasteiger partial charge in [-0.1, -0.05) is 0 Å². The number of carbonyl (C=O) groups is 3. The molecule has 1 amide bonds. The standard InChI is InChI=1S/C10H17NO6/c1-9(2,3)17-8(16)11-10(4,7(14)15)5-6(12)13/h5H2,1-4H3,(H,11,16)(H,12,13)(H,14,15). The van der Waals surface area contributed by atoms with E-state index >= 15 is 0 Å². The van der Waals surface area contributed by atoms with Gasteiger partial charge in [0.15, 0.2) is 0 Å². The molecule has 0 aliphatic heterocycles. The molecule has 0 aliphatic carbocycles. The number of alkyl carbamates (subject to hydrolysis) is 1. The smallest absolute Gasteiger partial charge is 0.408 e. The van der Waals surface area contributed by atoms with Crippen LogP contribution in [0.2, 0.25) is 0 Å². The maximum Gasteiger partial charge on any atom is 0.408 e. The summed E-state index contributed by atoms with van der Waals surface area (Å²) in [6, 6.07) is 0. The molecule has 0 rings (SSSR count). The summed E-state index contributed by atoms with van der Waals surface area (Å²) in [6.07, 6.45) is -1.70. The van der Waals surface area contributed by atoms with Crippen molar-refractivity contribution >= 4 is 18.0 Å². The van der Waals surface area contributed by atoms with E-state index in [-0.39, 0.29) is 0 Å². The molecule has 7 heteroatoms. The van der Waals surface area contributed by atoms with Crippen molar-refractivity contribution in [3.8, 4) is 0 Å². The van der Waals surface area contributed by atoms with E-state index in [1.54, 1.807) is 20.8 Å². The first-order valence-corrected chi connectivity index (χ1v) is 4.92. The van der Waals surface area contributed by atoms with Gasteiger partial charge < -0.3 is 20.3 Å². The van der Waals surface area contributed by atoms with Gasteiger partial charge in [0, 0.05) is 0 Å². The lowest BCUT2D eigenvalue weighted by molar-refractivity contribution is -0.150. The first-order chi connectivity index (χ1) is 7.46. The van der Waals surface area contributed by atoms with E-state index in [9.17, 15) is 14.4 Å². The molecule has 0 radical (unpaired) electrons. The second-order valence-electron chi connectivity index (χ2n) is 4.83. The number of aliphatic carboxylic acids is 2. The fraction of sp³-hybridized carbons (Fsp3) is 0.700. The van der Waals surface area contributed by atoms with Gasteiger partial charge in [0.1, 0.15) is 11.1 Å². The second-order valence-corrected chi connectivity index (χ2v) is 4.83. The SMILES string of the molecule is CC(C)(C)OC(=O)NC(C)(CC(=O)O)C(=O)O. The highest BCUT2D eigenvalue weighted by atomic mass is 16.6. The fourth-order valence-corrected chi connectivity index (χ4v) is 1.00. The minimum atomic E-state index is -1.89. The highest BCUT2D eigenvalue weighted by Gasteiger charge is 2.38. The Bertz CT molecular complexity index is 332. The summed E-state index contributed by atoms with van der Waals surface area (Å²) < 4.78 is 4.86. The Kier molecular flexibility index (Phi) is 4.50. The van der Waals surface area contributed by atoms with Crippen LogP contribution in [0.5, 0.6) is 0 Å². The molecule has 0 aromatic rings. The summed E-state index contributed by atoms with van der Waals surface area (Å²) >= 11 is 0. The van der Waals surface area contributed by atoms with Gasteiger partial charge >= 0.3 is 18.0 Å². The van der Waals surface area contributed by atoms with Crippen molar-refractivity contribution in [3.63, 3.8) is 0 Å². The van der Waals surface area contributed by atoms with Gasteiger partial charge in [0.05, 0.1) is 6.42 Å². The Labute approximate surface area is 98.8 Å². The average Bonchev–Trinajstić information content (AvgIpc) is 1.96. The molecule has 3 N–H and O–H groups in total. The van der Waals surface area contributed by atoms with Gasteiger partial charge in [-0.05, 0) is 27.7 Å². The Morgan fingerprint density at radius 1 is 1.12 bits per heavy atom. The van der Waals surface area contributed by atoms with E-state index in [2.05, 4.69) is 0 Å². The van der Waals surface area contributed by atoms with E-state index in [0.717, 1.165) is 6.92 Å². The number of hydrogen-bond acceptors (Lipinski definition) is 4. The molecule has 1 unspecified atom stereocenters. The highest BCUT2D eigenvalue weighted by molar-refractivity contribution is 5.88. The molecule has 0 spiro atoms. The van der Waals surface area contributed by atoms with Crippen molar-refractivity contribution in [2.24, 2.45) is 0 Å². The quantitative estimate of drug-likeness (QED) is 0.678. The number of rotatable bonds is 4. The fourth-order valence-electron chi connectivity index (χ4n) is 1.00. The van der Waals surface area contributed by atoms with E-state index < -0.39 is 35.6 Å². The topological polar surface area (TPSA) is 113 Å². The zero-order valence-corrected chi connectivity index (χ0v) is 10.2. The maximum absolute atomic E-state index is 11.4. The van der Waals surface area contributed by atoms with Crippen LogP contribution in [-0.4, -0.2) is 39.4 Å². The summed E-state index contributed by atoms with van der Waals surface area (Å²) in [5, 5.41) is 19.5. The minimum absolute atomic E-state index is 0.735. The number of hydrogen-bond donors (Lipinski definition) is 3. The van der Waals surface area contributed by atoms with Gasteiger partial charge in [-0.15, -0.1) is 0 Å². The van der Waals surface area contributed by atoms with Gasteiger partial charge in [0.2, 0.25) is 0 Å². The van der Waals surface area contributed by atoms with Crippen molar-refractivity contribution in [3.05, 3.63) is 0 Å². The first kappa shape index (κ1) is 15.2. The molecule has 0 aliphatic rings. The molecule has 0 aromatic carbocycles. The van der Waals surface area contributed by atoms with Crippen molar-refractivity contribution in [2.75, 3.05) is 0 Å². The molecule has 0 aromatic heterocycles. The Morgan fingerprint density at radius 2 is 1.59 bits per heavy atom. The third-order valence-electron chi connectivity index (χ3n) is 1.75. The summed E-state index contributed by atoms with van der Waals surface area (Å²) in [5.74, 6) is -2.77. The molecule has 17 heavy (non-hydrogen) atoms. The normalized spacial score (nSPS) is 14.6. The van der Waals surface area contributed by atoms with Crippen LogP contribution in [0.1, 0.15) is 34.1 Å². The molecule has 0 fully saturated rings. The lowest BCUT2D eigenvalue weighted by atomic mass is 9.98. The molecule has 0 bridgehead atoms. The van der Waals surface area contributed by atoms with Crippen molar-refractivity contribution < 1.29 is 29.3 Å². The van der Waals surface area contributed by atoms with E-state index in [0.29, 0.717) is 0 Å². The van der Waals surface area contributed by atoms with Gasteiger partial charge in [-0.3, -0.25) is 4.79 Å². The lowest BCUT2D eigenvalue weighted by Gasteiger charge is -2.27. The van der Waals surface area contributed by atoms with Crippen molar-refractivity contribution in [2.45, 2.75) is 45.3 Å². The average molecular weight is 247 g/mol. The van der Waals surface area contributed by atoms with Crippen LogP contribution < -0.4 is 5.32 Å². The predicted octanol–water partition coefficient (Wildman–Crippen LogP) is 0.829. The van der Waals surface area contributed by atoms with Crippen LogP contribution >= 0.6 is 0 Å². The summed E-state index contributed by atoms with van der Waals surface area (Å²) in [5.41, 5.74) is -2.68. The zero-order chi connectivity index (χ0) is 13.9. The Hall–Kier alpha value is -1.79. The molecule has 98 valence electrons. The van der Waals surface area contributed by atoms with Crippen LogP contribution in [0.4, 0.5) is 4.79 Å². The van der Waals surface area contributed by atoms with Crippen LogP contribution in [0, 0.1) is 0 Å². The molecule has 0 saturated carbocycles. The molecule has 7 nitrogen and oxygen atoms in total. The minimum Gasteiger partial charge on any atom is -0.481 e. The largest absolute Gasteiger partial charge is 0.481 e. The third-order valence-corrected chi connectivity index (χ3v) is 1.75. The number of carboxylic acid groups (broad SMARTS) is 2. The predicted molar refractivity (Wildman–Crippen MR) is 57.7 cm³/mol. The molecule has 0 heterocycles. The van der Waals surface area contributed by atoms with Crippen LogP contribution in [0.25, 0.3) is 0 Å². The number of amides is 1. The van der Waals surface area contributed by atoms with Crippen LogP contribution in [0.3, 0.4) is 0 Å². The monoisotopic (exact) mass is 247 g/mol. The van der Waals surface area contributed by atoms with Gasteiger partial charge in [-0.25, -0.2) is 9.59 Å². The third kappa shape index (κ3) is 5.74. The first-order valence-electron chi connectivity index (χ1n) is 4.92. The van der Waals surface area contributed by atoms with Gasteiger partial charge in [-0.2, -0.15) is 0 Å². The number of nitrogens with one attached hydrogen (secondary N) is 1. The molecular formula is C10H17NO6. The van der Waals surface area contributed by atoms with Gasteiger partial charge in [0.25, 0.3) is 0 Å².